The minimum absolute atomic E-state index is 0.518. The summed E-state index contributed by atoms with van der Waals surface area (Å²) in [4.78, 5) is 8.95. The SMILES string of the molecule is Cc1nc2cccnc2n1[C@H]1CCNC1. The Morgan fingerprint density at radius 2 is 2.47 bits per heavy atom. The number of fused-ring (bicyclic) bond motifs is 1. The number of imidazole rings is 1. The summed E-state index contributed by atoms with van der Waals surface area (Å²) in [5, 5.41) is 3.38. The third kappa shape index (κ3) is 1.33. The highest BCUT2D eigenvalue weighted by Gasteiger charge is 2.20. The maximum absolute atomic E-state index is 4.53. The summed E-state index contributed by atoms with van der Waals surface area (Å²) in [7, 11) is 0. The van der Waals surface area contributed by atoms with E-state index in [4.69, 9.17) is 0 Å². The van der Waals surface area contributed by atoms with E-state index in [0.717, 1.165) is 30.1 Å². The number of nitrogens with zero attached hydrogens (tertiary/aromatic N) is 3. The Kier molecular flexibility index (Phi) is 1.95. The Morgan fingerprint density at radius 3 is 3.27 bits per heavy atom. The third-order valence-electron chi connectivity index (χ3n) is 3.02. The summed E-state index contributed by atoms with van der Waals surface area (Å²) in [5.74, 6) is 1.07. The van der Waals surface area contributed by atoms with E-state index < -0.39 is 0 Å². The van der Waals surface area contributed by atoms with Crippen LogP contribution in [0.25, 0.3) is 11.2 Å². The van der Waals surface area contributed by atoms with Crippen LogP contribution in [0.2, 0.25) is 0 Å². The first-order valence-electron chi connectivity index (χ1n) is 5.36. The van der Waals surface area contributed by atoms with Crippen LogP contribution in [0, 0.1) is 6.92 Å². The largest absolute Gasteiger partial charge is 0.315 e. The Morgan fingerprint density at radius 1 is 1.53 bits per heavy atom. The van der Waals surface area contributed by atoms with Gasteiger partial charge in [0.2, 0.25) is 0 Å². The predicted octanol–water partition coefficient (Wildman–Crippen LogP) is 1.27. The van der Waals surface area contributed by atoms with E-state index in [1.165, 1.54) is 6.42 Å². The summed E-state index contributed by atoms with van der Waals surface area (Å²) in [6.07, 6.45) is 3.01. The lowest BCUT2D eigenvalue weighted by atomic mass is 10.2. The van der Waals surface area contributed by atoms with Crippen LogP contribution in [0.1, 0.15) is 18.3 Å². The molecule has 1 aliphatic rings. The molecule has 0 unspecified atom stereocenters. The molecule has 3 heterocycles. The lowest BCUT2D eigenvalue weighted by Gasteiger charge is -2.12. The maximum atomic E-state index is 4.53. The molecule has 0 spiro atoms. The summed E-state index contributed by atoms with van der Waals surface area (Å²) in [6.45, 7) is 4.18. The number of aryl methyl sites for hydroxylation is 1. The highest BCUT2D eigenvalue weighted by molar-refractivity contribution is 5.71. The molecule has 1 N–H and O–H groups in total. The zero-order valence-corrected chi connectivity index (χ0v) is 8.77. The van der Waals surface area contributed by atoms with E-state index in [1.54, 1.807) is 0 Å². The fourth-order valence-corrected chi connectivity index (χ4v) is 2.34. The number of hydrogen-bond donors (Lipinski definition) is 1. The summed E-state index contributed by atoms with van der Waals surface area (Å²) < 4.78 is 2.26. The van der Waals surface area contributed by atoms with Gasteiger partial charge in [-0.05, 0) is 32.0 Å². The van der Waals surface area contributed by atoms with Crippen molar-refractivity contribution in [2.24, 2.45) is 0 Å². The van der Waals surface area contributed by atoms with Crippen LogP contribution in [-0.2, 0) is 0 Å². The van der Waals surface area contributed by atoms with Crippen molar-refractivity contribution in [1.29, 1.82) is 0 Å². The van der Waals surface area contributed by atoms with Crippen LogP contribution < -0.4 is 5.32 Å². The van der Waals surface area contributed by atoms with Gasteiger partial charge in [-0.2, -0.15) is 0 Å². The molecule has 1 aliphatic heterocycles. The Bertz CT molecular complexity index is 482. The zero-order chi connectivity index (χ0) is 10.3. The molecule has 15 heavy (non-hydrogen) atoms. The molecule has 0 aromatic carbocycles. The Hall–Kier alpha value is -1.42. The van der Waals surface area contributed by atoms with Crippen LogP contribution >= 0.6 is 0 Å². The first-order valence-corrected chi connectivity index (χ1v) is 5.36. The van der Waals surface area contributed by atoms with E-state index >= 15 is 0 Å². The quantitative estimate of drug-likeness (QED) is 0.757. The molecule has 2 aromatic heterocycles. The standard InChI is InChI=1S/C11H14N4/c1-8-14-10-3-2-5-13-11(10)15(8)9-4-6-12-7-9/h2-3,5,9,12H,4,6-7H2,1H3/t9-/m0/s1. The van der Waals surface area contributed by atoms with E-state index in [-0.39, 0.29) is 0 Å². The summed E-state index contributed by atoms with van der Waals surface area (Å²) in [6, 6.07) is 4.48. The molecule has 4 nitrogen and oxygen atoms in total. The van der Waals surface area contributed by atoms with Crippen molar-refractivity contribution in [1.82, 2.24) is 19.9 Å². The van der Waals surface area contributed by atoms with Crippen molar-refractivity contribution in [2.45, 2.75) is 19.4 Å². The molecule has 4 heteroatoms. The first kappa shape index (κ1) is 8.85. The molecule has 2 aromatic rings. The summed E-state index contributed by atoms with van der Waals surface area (Å²) in [5.41, 5.74) is 2.02. The molecule has 0 amide bonds. The number of aromatic nitrogens is 3. The van der Waals surface area contributed by atoms with Gasteiger partial charge in [-0.3, -0.25) is 0 Å². The van der Waals surface area contributed by atoms with Gasteiger partial charge in [-0.1, -0.05) is 0 Å². The van der Waals surface area contributed by atoms with Crippen molar-refractivity contribution in [3.05, 3.63) is 24.2 Å². The van der Waals surface area contributed by atoms with E-state index in [0.29, 0.717) is 6.04 Å². The van der Waals surface area contributed by atoms with Crippen LogP contribution in [0.5, 0.6) is 0 Å². The van der Waals surface area contributed by atoms with Crippen molar-refractivity contribution in [2.75, 3.05) is 13.1 Å². The second kappa shape index (κ2) is 3.31. The Labute approximate surface area is 88.3 Å². The first-order chi connectivity index (χ1) is 7.36. The minimum atomic E-state index is 0.518. The summed E-state index contributed by atoms with van der Waals surface area (Å²) >= 11 is 0. The van der Waals surface area contributed by atoms with Crippen molar-refractivity contribution >= 4 is 11.2 Å². The lowest BCUT2D eigenvalue weighted by molar-refractivity contribution is 0.544. The number of hydrogen-bond acceptors (Lipinski definition) is 3. The van der Waals surface area contributed by atoms with Crippen LogP contribution in [-0.4, -0.2) is 27.6 Å². The number of nitrogens with one attached hydrogen (secondary N) is 1. The van der Waals surface area contributed by atoms with E-state index in [2.05, 4.69) is 26.8 Å². The van der Waals surface area contributed by atoms with Crippen molar-refractivity contribution in [3.63, 3.8) is 0 Å². The molecule has 78 valence electrons. The monoisotopic (exact) mass is 202 g/mol. The molecule has 0 aliphatic carbocycles. The topological polar surface area (TPSA) is 42.7 Å². The van der Waals surface area contributed by atoms with Gasteiger partial charge in [0.1, 0.15) is 11.3 Å². The number of rotatable bonds is 1. The second-order valence-corrected chi connectivity index (χ2v) is 4.02. The molecular weight excluding hydrogens is 188 g/mol. The molecule has 0 bridgehead atoms. The van der Waals surface area contributed by atoms with Gasteiger partial charge in [0, 0.05) is 12.7 Å². The molecule has 1 saturated heterocycles. The zero-order valence-electron chi connectivity index (χ0n) is 8.77. The van der Waals surface area contributed by atoms with Crippen LogP contribution in [0.15, 0.2) is 18.3 Å². The van der Waals surface area contributed by atoms with E-state index in [9.17, 15) is 0 Å². The average molecular weight is 202 g/mol. The minimum Gasteiger partial charge on any atom is -0.315 e. The average Bonchev–Trinajstić information content (AvgIpc) is 2.82. The van der Waals surface area contributed by atoms with Crippen molar-refractivity contribution < 1.29 is 0 Å². The van der Waals surface area contributed by atoms with Gasteiger partial charge in [-0.15, -0.1) is 0 Å². The molecule has 3 rings (SSSR count). The van der Waals surface area contributed by atoms with Gasteiger partial charge in [0.05, 0.1) is 6.04 Å². The van der Waals surface area contributed by atoms with Gasteiger partial charge < -0.3 is 9.88 Å². The molecule has 0 radical (unpaired) electrons. The number of pyridine rings is 1. The van der Waals surface area contributed by atoms with E-state index in [1.807, 2.05) is 18.3 Å². The molecule has 0 saturated carbocycles. The maximum Gasteiger partial charge on any atom is 0.160 e. The van der Waals surface area contributed by atoms with Crippen LogP contribution in [0.3, 0.4) is 0 Å². The van der Waals surface area contributed by atoms with Gasteiger partial charge in [-0.25, -0.2) is 9.97 Å². The van der Waals surface area contributed by atoms with Gasteiger partial charge >= 0.3 is 0 Å². The molecule has 1 fully saturated rings. The predicted molar refractivity (Wildman–Crippen MR) is 58.8 cm³/mol. The third-order valence-corrected chi connectivity index (χ3v) is 3.02. The normalized spacial score (nSPS) is 21.3. The smallest absolute Gasteiger partial charge is 0.160 e. The van der Waals surface area contributed by atoms with Crippen LogP contribution in [0.4, 0.5) is 0 Å². The molecular formula is C11H14N4. The Balaban J connectivity index is 2.19. The molecule has 1 atom stereocenters. The van der Waals surface area contributed by atoms with Crippen molar-refractivity contribution in [3.8, 4) is 0 Å². The fraction of sp³-hybridized carbons (Fsp3) is 0.455. The highest BCUT2D eigenvalue weighted by atomic mass is 15.2. The second-order valence-electron chi connectivity index (χ2n) is 4.02. The highest BCUT2D eigenvalue weighted by Crippen LogP contribution is 2.22. The fourth-order valence-electron chi connectivity index (χ4n) is 2.34. The van der Waals surface area contributed by atoms with Gasteiger partial charge in [0.25, 0.3) is 0 Å². The van der Waals surface area contributed by atoms with Gasteiger partial charge in [0.15, 0.2) is 5.65 Å². The lowest BCUT2D eigenvalue weighted by Crippen LogP contribution is -2.14.